The van der Waals surface area contributed by atoms with Crippen LogP contribution < -0.4 is 0 Å². The zero-order valence-electron chi connectivity index (χ0n) is 3.82. The fraction of sp³-hybridized carbons (Fsp3) is 0.500. The summed E-state index contributed by atoms with van der Waals surface area (Å²) in [4.78, 5) is 0. The van der Waals surface area contributed by atoms with Gasteiger partial charge in [-0.3, -0.25) is 5.41 Å². The smallest absolute Gasteiger partial charge is 0.108 e. The Kier molecular flexibility index (Phi) is 1.15. The third kappa shape index (κ3) is 0.825. The van der Waals surface area contributed by atoms with Gasteiger partial charge in [-0.2, -0.15) is 0 Å². The molecule has 3 heteroatoms. The van der Waals surface area contributed by atoms with Crippen molar-refractivity contribution >= 4 is 22.5 Å². The van der Waals surface area contributed by atoms with Crippen LogP contribution in [-0.4, -0.2) is 16.5 Å². The van der Waals surface area contributed by atoms with Crippen molar-refractivity contribution in [2.24, 2.45) is 0 Å². The number of nitrogens with one attached hydrogen (secondary N) is 2. The lowest BCUT2D eigenvalue weighted by molar-refractivity contribution is 1.31. The van der Waals surface area contributed by atoms with Crippen LogP contribution in [-0.2, 0) is 0 Å². The monoisotopic (exact) mass is 114 g/mol. The average Bonchev–Trinajstić information content (AvgIpc) is 1.91. The van der Waals surface area contributed by atoms with Gasteiger partial charge in [0.05, 0.1) is 5.71 Å². The number of thioether (sulfide) groups is 1. The lowest BCUT2D eigenvalue weighted by atomic mass is 10.3. The molecule has 0 radical (unpaired) electrons. The van der Waals surface area contributed by atoms with Gasteiger partial charge in [0.15, 0.2) is 0 Å². The highest BCUT2D eigenvalue weighted by molar-refractivity contribution is 8.16. The van der Waals surface area contributed by atoms with E-state index in [0.717, 1.165) is 12.2 Å². The fourth-order valence-electron chi connectivity index (χ4n) is 0.456. The van der Waals surface area contributed by atoms with Gasteiger partial charge >= 0.3 is 0 Å². The Labute approximate surface area is 46.3 Å². The van der Waals surface area contributed by atoms with Gasteiger partial charge in [-0.05, 0) is 0 Å². The van der Waals surface area contributed by atoms with E-state index in [-0.39, 0.29) is 0 Å². The van der Waals surface area contributed by atoms with E-state index in [1.54, 1.807) is 0 Å². The zero-order chi connectivity index (χ0) is 5.28. The second kappa shape index (κ2) is 1.66. The second-order valence-corrected chi connectivity index (χ2v) is 2.51. The molecule has 38 valence electrons. The summed E-state index contributed by atoms with van der Waals surface area (Å²) in [7, 11) is 0. The lowest BCUT2D eigenvalue weighted by Crippen LogP contribution is -1.96. The SMILES string of the molecule is N=C1CCSC1=N. The van der Waals surface area contributed by atoms with Gasteiger partial charge in [0.1, 0.15) is 5.04 Å². The van der Waals surface area contributed by atoms with Crippen molar-refractivity contribution in [2.45, 2.75) is 6.42 Å². The van der Waals surface area contributed by atoms with Gasteiger partial charge in [-0.1, -0.05) is 0 Å². The Morgan fingerprint density at radius 2 is 2.14 bits per heavy atom. The van der Waals surface area contributed by atoms with Crippen molar-refractivity contribution in [1.29, 1.82) is 10.8 Å². The van der Waals surface area contributed by atoms with E-state index in [4.69, 9.17) is 10.8 Å². The maximum atomic E-state index is 7.01. The fourth-order valence-corrected chi connectivity index (χ4v) is 1.24. The number of rotatable bonds is 0. The average molecular weight is 114 g/mol. The van der Waals surface area contributed by atoms with E-state index in [0.29, 0.717) is 10.8 Å². The van der Waals surface area contributed by atoms with Crippen LogP contribution in [0.1, 0.15) is 6.42 Å². The summed E-state index contributed by atoms with van der Waals surface area (Å²) in [6, 6.07) is 0. The summed E-state index contributed by atoms with van der Waals surface area (Å²) in [6.45, 7) is 0. The highest BCUT2D eigenvalue weighted by Crippen LogP contribution is 2.15. The molecule has 1 saturated heterocycles. The molecule has 0 aromatic carbocycles. The highest BCUT2D eigenvalue weighted by Gasteiger charge is 2.12. The van der Waals surface area contributed by atoms with Crippen molar-refractivity contribution in [3.63, 3.8) is 0 Å². The van der Waals surface area contributed by atoms with Gasteiger partial charge < -0.3 is 5.41 Å². The summed E-state index contributed by atoms with van der Waals surface area (Å²) >= 11 is 1.46. The van der Waals surface area contributed by atoms with Crippen molar-refractivity contribution in [1.82, 2.24) is 0 Å². The summed E-state index contributed by atoms with van der Waals surface area (Å²) in [5.74, 6) is 0.942. The quantitative estimate of drug-likeness (QED) is 0.487. The van der Waals surface area contributed by atoms with Crippen molar-refractivity contribution in [3.8, 4) is 0 Å². The molecule has 0 aromatic rings. The molecule has 1 aliphatic heterocycles. The first-order valence-corrected chi connectivity index (χ1v) is 3.08. The molecule has 1 rings (SSSR count). The van der Waals surface area contributed by atoms with Crippen molar-refractivity contribution in [3.05, 3.63) is 0 Å². The molecule has 0 atom stereocenters. The molecule has 1 heterocycles. The molecular formula is C4H6N2S. The summed E-state index contributed by atoms with van der Waals surface area (Å²) < 4.78 is 0. The third-order valence-corrected chi connectivity index (χ3v) is 1.82. The molecule has 0 saturated carbocycles. The Hall–Kier alpha value is -0.310. The van der Waals surface area contributed by atoms with E-state index < -0.39 is 0 Å². The minimum atomic E-state index is 0.458. The lowest BCUT2D eigenvalue weighted by Gasteiger charge is -1.81. The van der Waals surface area contributed by atoms with E-state index in [2.05, 4.69) is 0 Å². The Morgan fingerprint density at radius 3 is 2.29 bits per heavy atom. The molecule has 0 spiro atoms. The van der Waals surface area contributed by atoms with Gasteiger partial charge in [0.2, 0.25) is 0 Å². The molecule has 2 N–H and O–H groups in total. The maximum absolute atomic E-state index is 7.01. The molecule has 0 aliphatic carbocycles. The Morgan fingerprint density at radius 1 is 1.43 bits per heavy atom. The van der Waals surface area contributed by atoms with E-state index >= 15 is 0 Å². The molecule has 0 bridgehead atoms. The molecular weight excluding hydrogens is 108 g/mol. The minimum Gasteiger partial charge on any atom is -0.303 e. The summed E-state index contributed by atoms with van der Waals surface area (Å²) in [6.07, 6.45) is 0.795. The molecule has 0 aromatic heterocycles. The van der Waals surface area contributed by atoms with Crippen LogP contribution in [0.4, 0.5) is 0 Å². The first-order chi connectivity index (χ1) is 3.30. The topological polar surface area (TPSA) is 47.7 Å². The number of hydrogen-bond acceptors (Lipinski definition) is 3. The molecule has 1 fully saturated rings. The van der Waals surface area contributed by atoms with Crippen molar-refractivity contribution in [2.75, 3.05) is 5.75 Å². The first-order valence-electron chi connectivity index (χ1n) is 2.10. The van der Waals surface area contributed by atoms with Gasteiger partial charge in [0.25, 0.3) is 0 Å². The second-order valence-electron chi connectivity index (χ2n) is 1.41. The van der Waals surface area contributed by atoms with Crippen LogP contribution in [0.5, 0.6) is 0 Å². The first kappa shape index (κ1) is 4.84. The third-order valence-electron chi connectivity index (χ3n) is 0.873. The van der Waals surface area contributed by atoms with Gasteiger partial charge in [-0.25, -0.2) is 0 Å². The standard InChI is InChI=1S/C4H6N2S/c5-3-1-2-7-4(3)6/h5-6H,1-2H2. The molecule has 0 amide bonds. The Balaban J connectivity index is 2.65. The van der Waals surface area contributed by atoms with Gasteiger partial charge in [0, 0.05) is 12.2 Å². The van der Waals surface area contributed by atoms with Crippen LogP contribution in [0.15, 0.2) is 0 Å². The maximum Gasteiger partial charge on any atom is 0.108 e. The highest BCUT2D eigenvalue weighted by atomic mass is 32.2. The number of hydrogen-bond donors (Lipinski definition) is 2. The normalized spacial score (nSPS) is 21.1. The van der Waals surface area contributed by atoms with Crippen LogP contribution in [0.25, 0.3) is 0 Å². The van der Waals surface area contributed by atoms with E-state index in [1.165, 1.54) is 11.8 Å². The van der Waals surface area contributed by atoms with Crippen LogP contribution in [0.2, 0.25) is 0 Å². The zero-order valence-corrected chi connectivity index (χ0v) is 4.64. The van der Waals surface area contributed by atoms with Crippen LogP contribution >= 0.6 is 11.8 Å². The van der Waals surface area contributed by atoms with E-state index in [9.17, 15) is 0 Å². The predicted molar refractivity (Wildman–Crippen MR) is 32.5 cm³/mol. The molecule has 0 unspecified atom stereocenters. The molecule has 2 nitrogen and oxygen atoms in total. The molecule has 1 aliphatic rings. The minimum absolute atomic E-state index is 0.458. The molecule has 7 heavy (non-hydrogen) atoms. The van der Waals surface area contributed by atoms with Crippen LogP contribution in [0, 0.1) is 10.8 Å². The van der Waals surface area contributed by atoms with E-state index in [1.807, 2.05) is 0 Å². The van der Waals surface area contributed by atoms with Crippen molar-refractivity contribution < 1.29 is 0 Å². The summed E-state index contributed by atoms with van der Waals surface area (Å²) in [5, 5.41) is 14.5. The van der Waals surface area contributed by atoms with Gasteiger partial charge in [-0.15, -0.1) is 11.8 Å². The summed E-state index contributed by atoms with van der Waals surface area (Å²) in [5.41, 5.74) is 0.505. The largest absolute Gasteiger partial charge is 0.303 e. The van der Waals surface area contributed by atoms with Crippen LogP contribution in [0.3, 0.4) is 0 Å². The Bertz CT molecular complexity index is 105. The predicted octanol–water partition coefficient (Wildman–Crippen LogP) is 1.12.